The highest BCUT2D eigenvalue weighted by atomic mass is 35.5. The minimum absolute atomic E-state index is 0.176. The normalized spacial score (nSPS) is 22.1. The summed E-state index contributed by atoms with van der Waals surface area (Å²) in [5.74, 6) is 1.20. The lowest BCUT2D eigenvalue weighted by molar-refractivity contribution is -0.119. The fourth-order valence-electron chi connectivity index (χ4n) is 3.27. The molecule has 2 fully saturated rings. The molecule has 2 aromatic carbocycles. The fraction of sp³-hybridized carbons (Fsp3) is 0.263. The molecule has 2 aliphatic heterocycles. The van der Waals surface area contributed by atoms with E-state index in [1.54, 1.807) is 40.9 Å². The summed E-state index contributed by atoms with van der Waals surface area (Å²) in [5, 5.41) is 0.389. The average Bonchev–Trinajstić information content (AvgIpc) is 3.18. The van der Waals surface area contributed by atoms with Crippen molar-refractivity contribution in [2.45, 2.75) is 18.3 Å². The Morgan fingerprint density at radius 3 is 2.46 bits per heavy atom. The number of nitrogens with zero attached hydrogens (tertiary/aromatic N) is 2. The van der Waals surface area contributed by atoms with Crippen LogP contribution in [0.5, 0.6) is 5.75 Å². The summed E-state index contributed by atoms with van der Waals surface area (Å²) in [6.07, 6.45) is 0. The van der Waals surface area contributed by atoms with E-state index in [-0.39, 0.29) is 17.3 Å². The number of carbonyl (C=O) groups excluding carboxylic acids is 2. The largest absolute Gasteiger partial charge is 0.494 e. The first-order chi connectivity index (χ1) is 12.6. The van der Waals surface area contributed by atoms with Crippen molar-refractivity contribution in [1.82, 2.24) is 4.90 Å². The Morgan fingerprint density at radius 1 is 1.12 bits per heavy atom. The first kappa shape index (κ1) is 17.2. The van der Waals surface area contributed by atoms with Gasteiger partial charge in [0.25, 0.3) is 5.91 Å². The SMILES string of the molecule is CCOc1ccc(C2SC[C@H]3C(=O)N(c4ccc(Cl)cc4)C(=O)N23)cc1. The lowest BCUT2D eigenvalue weighted by Gasteiger charge is -2.23. The van der Waals surface area contributed by atoms with E-state index >= 15 is 0 Å². The van der Waals surface area contributed by atoms with E-state index in [9.17, 15) is 9.59 Å². The number of carbonyl (C=O) groups is 2. The Balaban J connectivity index is 1.61. The van der Waals surface area contributed by atoms with Crippen LogP contribution >= 0.6 is 23.4 Å². The van der Waals surface area contributed by atoms with Gasteiger partial charge in [0.1, 0.15) is 17.2 Å². The van der Waals surface area contributed by atoms with Gasteiger partial charge < -0.3 is 4.74 Å². The van der Waals surface area contributed by atoms with Crippen molar-refractivity contribution in [3.8, 4) is 5.75 Å². The van der Waals surface area contributed by atoms with E-state index < -0.39 is 6.04 Å². The second kappa shape index (κ2) is 6.85. The van der Waals surface area contributed by atoms with Crippen LogP contribution in [-0.2, 0) is 4.79 Å². The third kappa shape index (κ3) is 2.83. The van der Waals surface area contributed by atoms with Gasteiger partial charge in [-0.05, 0) is 48.9 Å². The molecule has 0 aliphatic carbocycles. The first-order valence-electron chi connectivity index (χ1n) is 8.36. The summed E-state index contributed by atoms with van der Waals surface area (Å²) in [4.78, 5) is 28.7. The summed E-state index contributed by atoms with van der Waals surface area (Å²) in [7, 11) is 0. The monoisotopic (exact) mass is 388 g/mol. The lowest BCUT2D eigenvalue weighted by atomic mass is 10.2. The predicted octanol–water partition coefficient (Wildman–Crippen LogP) is 4.32. The molecule has 0 radical (unpaired) electrons. The number of rotatable bonds is 4. The van der Waals surface area contributed by atoms with E-state index in [1.165, 1.54) is 4.90 Å². The number of urea groups is 1. The molecular weight excluding hydrogens is 372 g/mol. The molecule has 4 rings (SSSR count). The first-order valence-corrected chi connectivity index (χ1v) is 9.79. The fourth-order valence-corrected chi connectivity index (χ4v) is 4.81. The molecule has 7 heteroatoms. The van der Waals surface area contributed by atoms with E-state index in [0.29, 0.717) is 23.1 Å². The molecule has 3 amide bonds. The molecular formula is C19H17ClN2O3S. The van der Waals surface area contributed by atoms with Crippen molar-refractivity contribution in [2.24, 2.45) is 0 Å². The molecule has 0 saturated carbocycles. The molecule has 2 aromatic rings. The number of hydrogen-bond acceptors (Lipinski definition) is 4. The zero-order chi connectivity index (χ0) is 18.3. The topological polar surface area (TPSA) is 49.9 Å². The number of benzene rings is 2. The molecule has 26 heavy (non-hydrogen) atoms. The van der Waals surface area contributed by atoms with Crippen molar-refractivity contribution in [3.63, 3.8) is 0 Å². The van der Waals surface area contributed by atoms with Crippen LogP contribution in [0.25, 0.3) is 0 Å². The minimum atomic E-state index is -0.431. The van der Waals surface area contributed by atoms with Crippen molar-refractivity contribution in [1.29, 1.82) is 0 Å². The molecule has 0 bridgehead atoms. The van der Waals surface area contributed by atoms with E-state index in [2.05, 4.69) is 0 Å². The smallest absolute Gasteiger partial charge is 0.333 e. The van der Waals surface area contributed by atoms with E-state index in [1.807, 2.05) is 31.2 Å². The highest BCUT2D eigenvalue weighted by Crippen LogP contribution is 2.46. The standard InChI is InChI=1S/C19H17ClN2O3S/c1-2-25-15-9-3-12(4-10-15)18-22-16(11-26-18)17(23)21(19(22)24)14-7-5-13(20)6-8-14/h3-10,16,18H,2,11H2,1H3/t16-,18?/m0/s1. The summed E-state index contributed by atoms with van der Waals surface area (Å²) in [6, 6.07) is 13.7. The van der Waals surface area contributed by atoms with Gasteiger partial charge in [0.2, 0.25) is 0 Å². The van der Waals surface area contributed by atoms with Crippen molar-refractivity contribution in [2.75, 3.05) is 17.3 Å². The van der Waals surface area contributed by atoms with Crippen LogP contribution in [0.2, 0.25) is 5.02 Å². The summed E-state index contributed by atoms with van der Waals surface area (Å²) in [6.45, 7) is 2.54. The maximum absolute atomic E-state index is 13.0. The molecule has 134 valence electrons. The Labute approximate surface area is 160 Å². The van der Waals surface area contributed by atoms with Crippen molar-refractivity contribution in [3.05, 3.63) is 59.1 Å². The number of halogens is 1. The Hall–Kier alpha value is -2.18. The Kier molecular flexibility index (Phi) is 4.54. The van der Waals surface area contributed by atoms with E-state index in [4.69, 9.17) is 16.3 Å². The molecule has 2 heterocycles. The quantitative estimate of drug-likeness (QED) is 0.732. The second-order valence-electron chi connectivity index (χ2n) is 6.04. The van der Waals surface area contributed by atoms with Gasteiger partial charge in [0.05, 0.1) is 12.3 Å². The van der Waals surface area contributed by atoms with Gasteiger partial charge in [-0.2, -0.15) is 0 Å². The zero-order valence-electron chi connectivity index (χ0n) is 14.1. The van der Waals surface area contributed by atoms with Gasteiger partial charge in [-0.25, -0.2) is 9.69 Å². The number of ether oxygens (including phenoxy) is 1. The van der Waals surface area contributed by atoms with Gasteiger partial charge in [0.15, 0.2) is 0 Å². The van der Waals surface area contributed by atoms with E-state index in [0.717, 1.165) is 11.3 Å². The average molecular weight is 389 g/mol. The number of amides is 3. The van der Waals surface area contributed by atoms with Crippen LogP contribution < -0.4 is 9.64 Å². The number of fused-ring (bicyclic) bond motifs is 1. The molecule has 2 atom stereocenters. The molecule has 0 aromatic heterocycles. The zero-order valence-corrected chi connectivity index (χ0v) is 15.7. The maximum atomic E-state index is 13.0. The summed E-state index contributed by atoms with van der Waals surface area (Å²) >= 11 is 7.52. The number of anilines is 1. The molecule has 0 N–H and O–H groups in total. The van der Waals surface area contributed by atoms with Gasteiger partial charge >= 0.3 is 6.03 Å². The van der Waals surface area contributed by atoms with Crippen LogP contribution in [0, 0.1) is 0 Å². The molecule has 1 unspecified atom stereocenters. The number of imide groups is 1. The molecule has 0 spiro atoms. The predicted molar refractivity (Wildman–Crippen MR) is 103 cm³/mol. The molecule has 2 aliphatic rings. The van der Waals surface area contributed by atoms with Gasteiger partial charge in [-0.3, -0.25) is 9.69 Å². The number of thioether (sulfide) groups is 1. The third-order valence-corrected chi connectivity index (χ3v) is 6.05. The molecule has 5 nitrogen and oxygen atoms in total. The molecule has 2 saturated heterocycles. The van der Waals surface area contributed by atoms with Crippen molar-refractivity contribution >= 4 is 41.0 Å². The Morgan fingerprint density at radius 2 is 1.81 bits per heavy atom. The Bertz CT molecular complexity index is 841. The van der Waals surface area contributed by atoms with Crippen LogP contribution in [-0.4, -0.2) is 35.2 Å². The summed E-state index contributed by atoms with van der Waals surface area (Å²) < 4.78 is 5.47. The van der Waals surface area contributed by atoms with Crippen LogP contribution in [0.1, 0.15) is 17.9 Å². The number of hydrogen-bond donors (Lipinski definition) is 0. The lowest BCUT2D eigenvalue weighted by Crippen LogP contribution is -2.33. The van der Waals surface area contributed by atoms with Gasteiger partial charge in [0, 0.05) is 10.8 Å². The second-order valence-corrected chi connectivity index (χ2v) is 7.59. The summed E-state index contributed by atoms with van der Waals surface area (Å²) in [5.41, 5.74) is 1.54. The van der Waals surface area contributed by atoms with Crippen LogP contribution in [0.4, 0.5) is 10.5 Å². The maximum Gasteiger partial charge on any atom is 0.333 e. The van der Waals surface area contributed by atoms with Gasteiger partial charge in [-0.1, -0.05) is 23.7 Å². The van der Waals surface area contributed by atoms with Gasteiger partial charge in [-0.15, -0.1) is 11.8 Å². The van der Waals surface area contributed by atoms with Crippen molar-refractivity contribution < 1.29 is 14.3 Å². The third-order valence-electron chi connectivity index (χ3n) is 4.48. The highest BCUT2D eigenvalue weighted by molar-refractivity contribution is 7.99. The van der Waals surface area contributed by atoms with Crippen LogP contribution in [0.3, 0.4) is 0 Å². The minimum Gasteiger partial charge on any atom is -0.494 e. The van der Waals surface area contributed by atoms with Crippen LogP contribution in [0.15, 0.2) is 48.5 Å². The highest BCUT2D eigenvalue weighted by Gasteiger charge is 2.53.